The summed E-state index contributed by atoms with van der Waals surface area (Å²) in [7, 11) is 2.04. The minimum Gasteiger partial charge on any atom is -0.293 e. The fraction of sp³-hybridized carbons (Fsp3) is 0.286. The Morgan fingerprint density at radius 1 is 1.45 bits per heavy atom. The quantitative estimate of drug-likeness (QED) is 0.501. The van der Waals surface area contributed by atoms with Crippen LogP contribution in [0.5, 0.6) is 0 Å². The molecular formula is C14H18N4OS. The fourth-order valence-electron chi connectivity index (χ4n) is 1.91. The van der Waals surface area contributed by atoms with E-state index in [1.165, 1.54) is 4.88 Å². The number of nitrogens with one attached hydrogen (secondary N) is 1. The van der Waals surface area contributed by atoms with Crippen LogP contribution in [0.25, 0.3) is 0 Å². The Hall–Kier alpha value is -1.76. The zero-order valence-corrected chi connectivity index (χ0v) is 12.4. The van der Waals surface area contributed by atoms with E-state index in [0.717, 1.165) is 5.69 Å². The molecule has 0 bridgehead atoms. The van der Waals surface area contributed by atoms with Crippen LogP contribution in [-0.2, 0) is 6.54 Å². The van der Waals surface area contributed by atoms with Crippen molar-refractivity contribution in [2.45, 2.75) is 19.5 Å². The van der Waals surface area contributed by atoms with E-state index in [1.54, 1.807) is 17.4 Å². The molecule has 6 heteroatoms. The molecule has 0 fully saturated rings. The molecule has 2 aromatic rings. The van der Waals surface area contributed by atoms with E-state index in [9.17, 15) is 4.79 Å². The number of hydrogen-bond acceptors (Lipinski definition) is 5. The van der Waals surface area contributed by atoms with Crippen molar-refractivity contribution in [1.82, 2.24) is 15.3 Å². The van der Waals surface area contributed by atoms with Gasteiger partial charge in [0.15, 0.2) is 0 Å². The number of pyridine rings is 1. The average Bonchev–Trinajstić information content (AvgIpc) is 3.00. The summed E-state index contributed by atoms with van der Waals surface area (Å²) in [6.45, 7) is 2.83. The highest BCUT2D eigenvalue weighted by molar-refractivity contribution is 7.10. The molecule has 0 aliphatic rings. The van der Waals surface area contributed by atoms with E-state index >= 15 is 0 Å². The van der Waals surface area contributed by atoms with Crippen molar-refractivity contribution in [2.24, 2.45) is 5.84 Å². The zero-order chi connectivity index (χ0) is 14.5. The minimum absolute atomic E-state index is 0.309. The highest BCUT2D eigenvalue weighted by Crippen LogP contribution is 2.24. The lowest BCUT2D eigenvalue weighted by molar-refractivity contribution is 0.0948. The van der Waals surface area contributed by atoms with Crippen LogP contribution in [0, 0.1) is 0 Å². The fourth-order valence-corrected chi connectivity index (χ4v) is 2.75. The van der Waals surface area contributed by atoms with Gasteiger partial charge >= 0.3 is 0 Å². The summed E-state index contributed by atoms with van der Waals surface area (Å²) in [5.41, 5.74) is 3.27. The molecule has 3 N–H and O–H groups in total. The third-order valence-corrected chi connectivity index (χ3v) is 4.24. The van der Waals surface area contributed by atoms with Crippen LogP contribution in [-0.4, -0.2) is 22.8 Å². The number of carbonyl (C=O) groups excluding carboxylic acids is 1. The lowest BCUT2D eigenvalue weighted by atomic mass is 10.2. The number of nitrogens with two attached hydrogens (primary N) is 1. The molecule has 5 nitrogen and oxygen atoms in total. The summed E-state index contributed by atoms with van der Waals surface area (Å²) < 4.78 is 0. The second kappa shape index (κ2) is 6.60. The monoisotopic (exact) mass is 290 g/mol. The predicted molar refractivity (Wildman–Crippen MR) is 80.1 cm³/mol. The molecule has 2 aromatic heterocycles. The van der Waals surface area contributed by atoms with Gasteiger partial charge in [0.1, 0.15) is 5.69 Å². The minimum atomic E-state index is -0.374. The molecule has 2 rings (SSSR count). The van der Waals surface area contributed by atoms with Gasteiger partial charge in [-0.25, -0.2) is 10.8 Å². The van der Waals surface area contributed by atoms with E-state index in [0.29, 0.717) is 18.3 Å². The summed E-state index contributed by atoms with van der Waals surface area (Å²) in [5.74, 6) is 4.74. The topological polar surface area (TPSA) is 71.2 Å². The van der Waals surface area contributed by atoms with Gasteiger partial charge in [-0.3, -0.25) is 15.1 Å². The van der Waals surface area contributed by atoms with E-state index in [1.807, 2.05) is 19.2 Å². The number of amides is 1. The molecule has 0 aliphatic carbocycles. The second-order valence-corrected chi connectivity index (χ2v) is 5.57. The molecule has 20 heavy (non-hydrogen) atoms. The number of nitrogen functional groups attached to an aromatic ring is 1. The molecular weight excluding hydrogens is 272 g/mol. The van der Waals surface area contributed by atoms with Crippen LogP contribution in [0.3, 0.4) is 0 Å². The molecule has 1 atom stereocenters. The first-order valence-electron chi connectivity index (χ1n) is 6.32. The number of aromatic nitrogens is 1. The standard InChI is InChI=1S/C14H18N4OS/c1-10(13-7-4-8-20-13)18(2)9-11-5-3-6-12(16-11)14(19)17-15/h3-8,10H,9,15H2,1-2H3,(H,17,19). The van der Waals surface area contributed by atoms with E-state index < -0.39 is 0 Å². The maximum Gasteiger partial charge on any atom is 0.283 e. The van der Waals surface area contributed by atoms with E-state index in [2.05, 4.69) is 39.7 Å². The molecule has 0 spiro atoms. The molecule has 0 radical (unpaired) electrons. The molecule has 0 aromatic carbocycles. The first kappa shape index (κ1) is 14.6. The van der Waals surface area contributed by atoms with Gasteiger partial charge in [-0.05, 0) is 37.6 Å². The number of hydrogen-bond donors (Lipinski definition) is 2. The SMILES string of the molecule is CC(c1cccs1)N(C)Cc1cccc(C(=O)NN)n1. The Morgan fingerprint density at radius 3 is 2.90 bits per heavy atom. The van der Waals surface area contributed by atoms with Crippen LogP contribution in [0.15, 0.2) is 35.7 Å². The maximum atomic E-state index is 11.5. The first-order chi connectivity index (χ1) is 9.61. The molecule has 0 saturated heterocycles. The van der Waals surface area contributed by atoms with Crippen molar-refractivity contribution < 1.29 is 4.79 Å². The van der Waals surface area contributed by atoms with Gasteiger partial charge in [0.2, 0.25) is 0 Å². The van der Waals surface area contributed by atoms with Crippen LogP contribution in [0.1, 0.15) is 34.0 Å². The smallest absolute Gasteiger partial charge is 0.283 e. The maximum absolute atomic E-state index is 11.5. The molecule has 0 aliphatic heterocycles. The van der Waals surface area contributed by atoms with Gasteiger partial charge in [-0.1, -0.05) is 12.1 Å². The Bertz CT molecular complexity index is 570. The number of nitrogens with zero attached hydrogens (tertiary/aromatic N) is 2. The molecule has 2 heterocycles. The predicted octanol–water partition coefficient (Wildman–Crippen LogP) is 1.94. The number of carbonyl (C=O) groups is 1. The summed E-state index contributed by atoms with van der Waals surface area (Å²) in [6.07, 6.45) is 0. The summed E-state index contributed by atoms with van der Waals surface area (Å²) in [6, 6.07) is 9.85. The normalized spacial score (nSPS) is 12.4. The largest absolute Gasteiger partial charge is 0.293 e. The third-order valence-electron chi connectivity index (χ3n) is 3.20. The van der Waals surface area contributed by atoms with Crippen LogP contribution < -0.4 is 11.3 Å². The van der Waals surface area contributed by atoms with Gasteiger partial charge in [0.25, 0.3) is 5.91 Å². The molecule has 106 valence electrons. The van der Waals surface area contributed by atoms with Gasteiger partial charge in [0.05, 0.1) is 5.69 Å². The Labute approximate surface area is 122 Å². The van der Waals surface area contributed by atoms with Crippen molar-refractivity contribution in [2.75, 3.05) is 7.05 Å². The lowest BCUT2D eigenvalue weighted by Gasteiger charge is -2.23. The summed E-state index contributed by atoms with van der Waals surface area (Å²) in [4.78, 5) is 19.3. The number of rotatable bonds is 5. The lowest BCUT2D eigenvalue weighted by Crippen LogP contribution is -2.31. The second-order valence-electron chi connectivity index (χ2n) is 4.59. The number of thiophene rings is 1. The van der Waals surface area contributed by atoms with Gasteiger partial charge in [0, 0.05) is 17.5 Å². The first-order valence-corrected chi connectivity index (χ1v) is 7.20. The zero-order valence-electron chi connectivity index (χ0n) is 11.5. The van der Waals surface area contributed by atoms with Crippen LogP contribution >= 0.6 is 11.3 Å². The van der Waals surface area contributed by atoms with Crippen molar-refractivity contribution in [1.29, 1.82) is 0 Å². The van der Waals surface area contributed by atoms with Crippen molar-refractivity contribution in [3.05, 3.63) is 52.0 Å². The highest BCUT2D eigenvalue weighted by atomic mass is 32.1. The van der Waals surface area contributed by atoms with Crippen molar-refractivity contribution in [3.8, 4) is 0 Å². The third kappa shape index (κ3) is 3.41. The molecule has 1 unspecified atom stereocenters. The van der Waals surface area contributed by atoms with Crippen molar-refractivity contribution in [3.63, 3.8) is 0 Å². The highest BCUT2D eigenvalue weighted by Gasteiger charge is 2.14. The van der Waals surface area contributed by atoms with E-state index in [-0.39, 0.29) is 5.91 Å². The Kier molecular flexibility index (Phi) is 4.84. The Balaban J connectivity index is 2.08. The summed E-state index contributed by atoms with van der Waals surface area (Å²) >= 11 is 1.74. The summed E-state index contributed by atoms with van der Waals surface area (Å²) in [5, 5.41) is 2.07. The van der Waals surface area contributed by atoms with Crippen LogP contribution in [0.2, 0.25) is 0 Å². The average molecular weight is 290 g/mol. The number of hydrazine groups is 1. The van der Waals surface area contributed by atoms with Gasteiger partial charge in [-0.2, -0.15) is 0 Å². The van der Waals surface area contributed by atoms with Crippen molar-refractivity contribution >= 4 is 17.2 Å². The van der Waals surface area contributed by atoms with Gasteiger partial charge in [-0.15, -0.1) is 11.3 Å². The molecule has 0 saturated carbocycles. The van der Waals surface area contributed by atoms with Gasteiger partial charge < -0.3 is 0 Å². The van der Waals surface area contributed by atoms with E-state index in [4.69, 9.17) is 5.84 Å². The van der Waals surface area contributed by atoms with Crippen LogP contribution in [0.4, 0.5) is 0 Å². The molecule has 1 amide bonds. The Morgan fingerprint density at radius 2 is 2.25 bits per heavy atom.